The van der Waals surface area contributed by atoms with Crippen LogP contribution in [0, 0.1) is 0 Å². The van der Waals surface area contributed by atoms with Crippen LogP contribution in [0.5, 0.6) is 0 Å². The van der Waals surface area contributed by atoms with Gasteiger partial charge >= 0.3 is 0 Å². The SMILES string of the molecule is CC(C)SSCCN. The molecule has 2 N–H and O–H groups in total. The fourth-order valence-corrected chi connectivity index (χ4v) is 2.09. The van der Waals surface area contributed by atoms with Crippen molar-refractivity contribution in [1.82, 2.24) is 0 Å². The first-order chi connectivity index (χ1) is 3.77. The third kappa shape index (κ3) is 6.66. The molecular weight excluding hydrogens is 138 g/mol. The average molecular weight is 151 g/mol. The van der Waals surface area contributed by atoms with Crippen molar-refractivity contribution in [3.63, 3.8) is 0 Å². The van der Waals surface area contributed by atoms with Gasteiger partial charge in [-0.1, -0.05) is 35.4 Å². The quantitative estimate of drug-likeness (QED) is 0.489. The topological polar surface area (TPSA) is 26.0 Å². The Morgan fingerprint density at radius 1 is 1.50 bits per heavy atom. The summed E-state index contributed by atoms with van der Waals surface area (Å²) in [6, 6.07) is 0. The van der Waals surface area contributed by atoms with Gasteiger partial charge in [0.25, 0.3) is 0 Å². The predicted molar refractivity (Wildman–Crippen MR) is 44.2 cm³/mol. The number of hydrogen-bond acceptors (Lipinski definition) is 3. The van der Waals surface area contributed by atoms with Gasteiger partial charge in [-0.15, -0.1) is 0 Å². The lowest BCUT2D eigenvalue weighted by Gasteiger charge is -2.00. The Bertz CT molecular complexity index is 47.7. The molecule has 0 amide bonds. The van der Waals surface area contributed by atoms with E-state index < -0.39 is 0 Å². The van der Waals surface area contributed by atoms with Gasteiger partial charge in [0, 0.05) is 17.5 Å². The Morgan fingerprint density at radius 2 is 2.12 bits per heavy atom. The summed E-state index contributed by atoms with van der Waals surface area (Å²) < 4.78 is 0. The smallest absolute Gasteiger partial charge is 0.0160 e. The molecule has 0 aliphatic rings. The second kappa shape index (κ2) is 5.79. The van der Waals surface area contributed by atoms with Gasteiger partial charge in [-0.3, -0.25) is 0 Å². The highest BCUT2D eigenvalue weighted by Gasteiger charge is 1.91. The second-order valence-corrected chi connectivity index (χ2v) is 4.82. The maximum Gasteiger partial charge on any atom is 0.0160 e. The molecule has 0 aliphatic heterocycles. The maximum absolute atomic E-state index is 5.28. The van der Waals surface area contributed by atoms with Crippen LogP contribution in [0.25, 0.3) is 0 Å². The summed E-state index contributed by atoms with van der Waals surface area (Å²) in [7, 11) is 3.75. The van der Waals surface area contributed by atoms with Gasteiger partial charge in [0.05, 0.1) is 0 Å². The van der Waals surface area contributed by atoms with E-state index in [4.69, 9.17) is 5.73 Å². The molecule has 0 bridgehead atoms. The number of hydrogen-bond donors (Lipinski definition) is 1. The molecule has 0 unspecified atom stereocenters. The molecule has 0 saturated heterocycles. The molecule has 0 aliphatic carbocycles. The van der Waals surface area contributed by atoms with Crippen molar-refractivity contribution in [3.8, 4) is 0 Å². The van der Waals surface area contributed by atoms with E-state index in [0.717, 1.165) is 17.5 Å². The summed E-state index contributed by atoms with van der Waals surface area (Å²) in [5, 5.41) is 0.728. The van der Waals surface area contributed by atoms with Gasteiger partial charge in [0.2, 0.25) is 0 Å². The fourth-order valence-electron chi connectivity index (χ4n) is 0.232. The molecule has 0 aromatic heterocycles. The highest BCUT2D eigenvalue weighted by atomic mass is 33.1. The molecule has 0 aromatic rings. The first-order valence-corrected chi connectivity index (χ1v) is 5.14. The van der Waals surface area contributed by atoms with Crippen LogP contribution in [0.4, 0.5) is 0 Å². The lowest BCUT2D eigenvalue weighted by molar-refractivity contribution is 1.12. The summed E-state index contributed by atoms with van der Waals surface area (Å²) in [5.74, 6) is 1.07. The van der Waals surface area contributed by atoms with Crippen LogP contribution >= 0.6 is 21.6 Å². The average Bonchev–Trinajstić information content (AvgIpc) is 1.66. The van der Waals surface area contributed by atoms with E-state index in [1.807, 2.05) is 21.6 Å². The standard InChI is InChI=1S/C5H13NS2/c1-5(2)8-7-4-3-6/h5H,3-4,6H2,1-2H3. The highest BCUT2D eigenvalue weighted by molar-refractivity contribution is 8.76. The Morgan fingerprint density at radius 3 is 2.50 bits per heavy atom. The van der Waals surface area contributed by atoms with Gasteiger partial charge in [-0.05, 0) is 0 Å². The monoisotopic (exact) mass is 151 g/mol. The third-order valence-corrected chi connectivity index (χ3v) is 3.45. The van der Waals surface area contributed by atoms with Crippen LogP contribution in [0.2, 0.25) is 0 Å². The molecule has 50 valence electrons. The van der Waals surface area contributed by atoms with Crippen LogP contribution < -0.4 is 5.73 Å². The Labute approximate surface area is 59.2 Å². The zero-order valence-corrected chi connectivity index (χ0v) is 7.02. The van der Waals surface area contributed by atoms with Crippen LogP contribution in [-0.2, 0) is 0 Å². The number of nitrogens with two attached hydrogens (primary N) is 1. The molecular formula is C5H13NS2. The minimum Gasteiger partial charge on any atom is -0.330 e. The first-order valence-electron chi connectivity index (χ1n) is 2.75. The fraction of sp³-hybridized carbons (Fsp3) is 1.00. The molecule has 0 spiro atoms. The van der Waals surface area contributed by atoms with Crippen LogP contribution in [-0.4, -0.2) is 17.5 Å². The molecule has 0 heterocycles. The maximum atomic E-state index is 5.28. The summed E-state index contributed by atoms with van der Waals surface area (Å²) in [5.41, 5.74) is 5.28. The predicted octanol–water partition coefficient (Wildman–Crippen LogP) is 1.73. The molecule has 0 atom stereocenters. The van der Waals surface area contributed by atoms with E-state index in [9.17, 15) is 0 Å². The van der Waals surface area contributed by atoms with E-state index >= 15 is 0 Å². The van der Waals surface area contributed by atoms with Crippen molar-refractivity contribution in [2.24, 2.45) is 5.73 Å². The number of rotatable bonds is 4. The molecule has 8 heavy (non-hydrogen) atoms. The highest BCUT2D eigenvalue weighted by Crippen LogP contribution is 2.24. The minimum atomic E-state index is 0.728. The van der Waals surface area contributed by atoms with Crippen LogP contribution in [0.1, 0.15) is 13.8 Å². The second-order valence-electron chi connectivity index (χ2n) is 1.76. The molecule has 0 radical (unpaired) electrons. The molecule has 0 rings (SSSR count). The van der Waals surface area contributed by atoms with Gasteiger partial charge < -0.3 is 5.73 Å². The van der Waals surface area contributed by atoms with Crippen molar-refractivity contribution in [3.05, 3.63) is 0 Å². The normalized spacial score (nSPS) is 10.5. The summed E-state index contributed by atoms with van der Waals surface area (Å²) in [6.07, 6.45) is 0. The van der Waals surface area contributed by atoms with Gasteiger partial charge in [-0.2, -0.15) is 0 Å². The van der Waals surface area contributed by atoms with Crippen LogP contribution in [0.15, 0.2) is 0 Å². The van der Waals surface area contributed by atoms with E-state index in [1.165, 1.54) is 0 Å². The first kappa shape index (κ1) is 8.66. The third-order valence-electron chi connectivity index (χ3n) is 0.462. The summed E-state index contributed by atoms with van der Waals surface area (Å²) in [4.78, 5) is 0. The summed E-state index contributed by atoms with van der Waals surface area (Å²) >= 11 is 0. The van der Waals surface area contributed by atoms with Gasteiger partial charge in [0.15, 0.2) is 0 Å². The Hall–Kier alpha value is 0.660. The zero-order valence-electron chi connectivity index (χ0n) is 5.39. The lowest BCUT2D eigenvalue weighted by atomic mass is 10.6. The van der Waals surface area contributed by atoms with Crippen molar-refractivity contribution in [1.29, 1.82) is 0 Å². The van der Waals surface area contributed by atoms with Crippen molar-refractivity contribution in [2.45, 2.75) is 19.1 Å². The molecule has 1 nitrogen and oxygen atoms in total. The van der Waals surface area contributed by atoms with Crippen molar-refractivity contribution >= 4 is 21.6 Å². The van der Waals surface area contributed by atoms with Crippen molar-refractivity contribution < 1.29 is 0 Å². The lowest BCUT2D eigenvalue weighted by Crippen LogP contribution is -2.00. The van der Waals surface area contributed by atoms with E-state index in [-0.39, 0.29) is 0 Å². The van der Waals surface area contributed by atoms with Gasteiger partial charge in [-0.25, -0.2) is 0 Å². The van der Waals surface area contributed by atoms with Crippen molar-refractivity contribution in [2.75, 3.05) is 12.3 Å². The minimum absolute atomic E-state index is 0.728. The molecule has 3 heteroatoms. The zero-order chi connectivity index (χ0) is 6.41. The van der Waals surface area contributed by atoms with E-state index in [0.29, 0.717) is 0 Å². The largest absolute Gasteiger partial charge is 0.330 e. The van der Waals surface area contributed by atoms with E-state index in [1.54, 1.807) is 0 Å². The Kier molecular flexibility index (Phi) is 6.27. The Balaban J connectivity index is 2.72. The van der Waals surface area contributed by atoms with E-state index in [2.05, 4.69) is 13.8 Å². The molecule has 0 saturated carbocycles. The van der Waals surface area contributed by atoms with Gasteiger partial charge in [0.1, 0.15) is 0 Å². The van der Waals surface area contributed by atoms with Crippen LogP contribution in [0.3, 0.4) is 0 Å². The molecule has 0 aromatic carbocycles. The summed E-state index contributed by atoms with van der Waals surface area (Å²) in [6.45, 7) is 5.17. The molecule has 0 fully saturated rings.